The summed E-state index contributed by atoms with van der Waals surface area (Å²) < 4.78 is 10.6. The predicted octanol–water partition coefficient (Wildman–Crippen LogP) is 0.298. The fourth-order valence-electron chi connectivity index (χ4n) is 0.364. The molecule has 0 fully saturated rings. The van der Waals surface area contributed by atoms with Crippen LogP contribution in [0.2, 0.25) is 0 Å². The summed E-state index contributed by atoms with van der Waals surface area (Å²) in [6.07, 6.45) is -0.704. The fourth-order valence-corrected chi connectivity index (χ4v) is 0.535. The van der Waals surface area contributed by atoms with Gasteiger partial charge in [0.05, 0.1) is 0 Å². The quantitative estimate of drug-likeness (QED) is 0.230. The molecule has 0 aliphatic heterocycles. The van der Waals surface area contributed by atoms with Crippen LogP contribution < -0.4 is 9.98 Å². The first-order valence-corrected chi connectivity index (χ1v) is 3.81. The zero-order valence-corrected chi connectivity index (χ0v) is 7.77. The molecule has 0 aliphatic rings. The van der Waals surface area contributed by atoms with E-state index in [2.05, 4.69) is 9.37 Å². The average Bonchev–Trinajstić information content (AvgIpc) is 1.84. The molecule has 0 aromatic carbocycles. The minimum absolute atomic E-state index is 0.343. The van der Waals surface area contributed by atoms with Crippen LogP contribution in [0.15, 0.2) is 0 Å². The SMILES string of the molecule is CC(C)(C)OC(=O)NSOO[O-]. The molecule has 6 nitrogen and oxygen atoms in total. The maximum absolute atomic E-state index is 10.7. The Bertz CT molecular complexity index is 145. The minimum Gasteiger partial charge on any atom is -0.691 e. The van der Waals surface area contributed by atoms with Crippen LogP contribution in [0.3, 0.4) is 0 Å². The van der Waals surface area contributed by atoms with E-state index in [1.165, 1.54) is 0 Å². The summed E-state index contributed by atoms with van der Waals surface area (Å²) in [7, 11) is 0. The average molecular weight is 196 g/mol. The van der Waals surface area contributed by atoms with Crippen molar-refractivity contribution in [3.05, 3.63) is 0 Å². The van der Waals surface area contributed by atoms with Crippen molar-refractivity contribution in [3.63, 3.8) is 0 Å². The molecule has 7 heteroatoms. The van der Waals surface area contributed by atoms with Gasteiger partial charge >= 0.3 is 6.09 Å². The molecule has 72 valence electrons. The highest BCUT2D eigenvalue weighted by Gasteiger charge is 2.15. The first-order chi connectivity index (χ1) is 5.45. The second kappa shape index (κ2) is 5.20. The molecule has 1 amide bonds. The third-order valence-electron chi connectivity index (χ3n) is 0.586. The summed E-state index contributed by atoms with van der Waals surface area (Å²) in [6.45, 7) is 5.13. The van der Waals surface area contributed by atoms with Crippen LogP contribution in [0.5, 0.6) is 0 Å². The van der Waals surface area contributed by atoms with E-state index in [1.807, 2.05) is 4.72 Å². The summed E-state index contributed by atoms with van der Waals surface area (Å²) in [4.78, 5) is 10.7. The van der Waals surface area contributed by atoms with Gasteiger partial charge in [0.25, 0.3) is 0 Å². The first kappa shape index (κ1) is 11.5. The normalized spacial score (nSPS) is 11.0. The summed E-state index contributed by atoms with van der Waals surface area (Å²) in [5.74, 6) is 0. The van der Waals surface area contributed by atoms with Crippen molar-refractivity contribution in [2.75, 3.05) is 0 Å². The molecule has 0 saturated heterocycles. The Morgan fingerprint density at radius 2 is 2.08 bits per heavy atom. The van der Waals surface area contributed by atoms with Crippen molar-refractivity contribution in [2.24, 2.45) is 0 Å². The van der Waals surface area contributed by atoms with Crippen LogP contribution in [-0.2, 0) is 14.1 Å². The van der Waals surface area contributed by atoms with Crippen molar-refractivity contribution in [1.29, 1.82) is 0 Å². The third-order valence-corrected chi connectivity index (χ3v) is 0.959. The van der Waals surface area contributed by atoms with Crippen molar-refractivity contribution in [3.8, 4) is 0 Å². The molecule has 0 aromatic heterocycles. The van der Waals surface area contributed by atoms with E-state index in [0.717, 1.165) is 0 Å². The van der Waals surface area contributed by atoms with Crippen molar-refractivity contribution in [2.45, 2.75) is 26.4 Å². The van der Waals surface area contributed by atoms with Crippen LogP contribution in [0.25, 0.3) is 0 Å². The van der Waals surface area contributed by atoms with Gasteiger partial charge in [0, 0.05) is 0 Å². The van der Waals surface area contributed by atoms with Crippen molar-refractivity contribution < 1.29 is 24.2 Å². The van der Waals surface area contributed by atoms with Gasteiger partial charge in [0.1, 0.15) is 5.60 Å². The lowest BCUT2D eigenvalue weighted by molar-refractivity contribution is -0.777. The highest BCUT2D eigenvalue weighted by atomic mass is 32.2. The van der Waals surface area contributed by atoms with E-state index in [4.69, 9.17) is 4.74 Å². The lowest BCUT2D eigenvalue weighted by atomic mass is 10.2. The Kier molecular flexibility index (Phi) is 4.98. The van der Waals surface area contributed by atoms with Gasteiger partial charge in [-0.15, -0.1) is 4.33 Å². The maximum Gasteiger partial charge on any atom is 0.419 e. The highest BCUT2D eigenvalue weighted by Crippen LogP contribution is 2.07. The summed E-state index contributed by atoms with van der Waals surface area (Å²) in [5.41, 5.74) is -0.580. The van der Waals surface area contributed by atoms with Crippen LogP contribution in [0.4, 0.5) is 4.79 Å². The van der Waals surface area contributed by atoms with Gasteiger partial charge in [-0.3, -0.25) is 5.04 Å². The standard InChI is InChI=1S/C5H11NO5S/c1-5(2,3)9-4(7)6-12-11-10-8/h8H,1-3H3,(H,6,7)/p-1. The summed E-state index contributed by atoms with van der Waals surface area (Å²) in [6, 6.07) is 0. The van der Waals surface area contributed by atoms with Gasteiger partial charge in [-0.25, -0.2) is 9.52 Å². The molecule has 0 rings (SSSR count). The lowest BCUT2D eigenvalue weighted by Gasteiger charge is -2.18. The predicted molar refractivity (Wildman–Crippen MR) is 39.1 cm³/mol. The maximum atomic E-state index is 10.7. The van der Waals surface area contributed by atoms with Gasteiger partial charge in [0.2, 0.25) is 0 Å². The minimum atomic E-state index is -0.704. The Morgan fingerprint density at radius 3 is 2.50 bits per heavy atom. The van der Waals surface area contributed by atoms with E-state index >= 15 is 0 Å². The molecule has 0 spiro atoms. The largest absolute Gasteiger partial charge is 0.691 e. The number of rotatable bonds is 3. The zero-order chi connectivity index (χ0) is 9.61. The van der Waals surface area contributed by atoms with Crippen LogP contribution in [0, 0.1) is 0 Å². The number of amides is 1. The number of ether oxygens (including phenoxy) is 1. The number of hydrogen-bond donors (Lipinski definition) is 1. The van der Waals surface area contributed by atoms with E-state index in [9.17, 15) is 10.1 Å². The number of nitrogens with one attached hydrogen (secondary N) is 1. The van der Waals surface area contributed by atoms with Gasteiger partial charge in [0.15, 0.2) is 12.2 Å². The van der Waals surface area contributed by atoms with E-state index in [-0.39, 0.29) is 0 Å². The fraction of sp³-hybridized carbons (Fsp3) is 0.800. The second-order valence-electron chi connectivity index (χ2n) is 2.82. The molecular formula is C5H10NO5S-. The second-order valence-corrected chi connectivity index (χ2v) is 3.33. The van der Waals surface area contributed by atoms with E-state index in [0.29, 0.717) is 12.2 Å². The van der Waals surface area contributed by atoms with E-state index < -0.39 is 11.7 Å². The summed E-state index contributed by atoms with van der Waals surface area (Å²) >= 11 is 0.343. The molecule has 0 bridgehead atoms. The van der Waals surface area contributed by atoms with E-state index in [1.54, 1.807) is 20.8 Å². The van der Waals surface area contributed by atoms with Gasteiger partial charge in [-0.05, 0) is 20.8 Å². The zero-order valence-electron chi connectivity index (χ0n) is 6.95. The molecule has 0 radical (unpaired) electrons. The van der Waals surface area contributed by atoms with Crippen LogP contribution >= 0.6 is 12.2 Å². The monoisotopic (exact) mass is 196 g/mol. The number of carbonyl (C=O) groups is 1. The Morgan fingerprint density at radius 1 is 1.50 bits per heavy atom. The van der Waals surface area contributed by atoms with Gasteiger partial charge in [-0.2, -0.15) is 0 Å². The molecule has 0 atom stereocenters. The Hall–Kier alpha value is -0.500. The molecule has 1 N–H and O–H groups in total. The van der Waals surface area contributed by atoms with Gasteiger partial charge < -0.3 is 9.99 Å². The Balaban J connectivity index is 3.47. The van der Waals surface area contributed by atoms with Crippen LogP contribution in [-0.4, -0.2) is 11.7 Å². The first-order valence-electron chi connectivity index (χ1n) is 3.07. The molecule has 0 aliphatic carbocycles. The smallest absolute Gasteiger partial charge is 0.419 e. The molecule has 0 unspecified atom stereocenters. The van der Waals surface area contributed by atoms with Crippen LogP contribution in [0.1, 0.15) is 20.8 Å². The highest BCUT2D eigenvalue weighted by molar-refractivity contribution is 7.93. The topological polar surface area (TPSA) is 79.9 Å². The van der Waals surface area contributed by atoms with Crippen molar-refractivity contribution >= 4 is 18.3 Å². The molecule has 0 saturated carbocycles. The molecule has 12 heavy (non-hydrogen) atoms. The Labute approximate surface area is 74.4 Å². The van der Waals surface area contributed by atoms with Crippen molar-refractivity contribution in [1.82, 2.24) is 4.72 Å². The molecular weight excluding hydrogens is 186 g/mol. The third kappa shape index (κ3) is 7.61. The summed E-state index contributed by atoms with van der Waals surface area (Å²) in [5, 5.41) is 12.2. The number of carbonyl (C=O) groups excluding carboxylic acids is 1. The molecule has 0 aromatic rings. The van der Waals surface area contributed by atoms with Gasteiger partial charge in [-0.1, -0.05) is 0 Å². The lowest BCUT2D eigenvalue weighted by Crippen LogP contribution is -2.29. The molecule has 0 heterocycles. The number of hydrogen-bond acceptors (Lipinski definition) is 6.